The van der Waals surface area contributed by atoms with E-state index in [0.29, 0.717) is 11.7 Å². The first-order chi connectivity index (χ1) is 7.29. The Balaban J connectivity index is 1.90. The molecule has 0 bridgehead atoms. The molecule has 0 spiro atoms. The SMILES string of the molecule is Nc1cnn(C2CCN([B]C=O)CC2)c1. The molecule has 15 heavy (non-hydrogen) atoms. The largest absolute Gasteiger partial charge is 0.396 e. The Morgan fingerprint density at radius 3 is 2.80 bits per heavy atom. The summed E-state index contributed by atoms with van der Waals surface area (Å²) >= 11 is 0. The van der Waals surface area contributed by atoms with Crippen LogP contribution in [0.4, 0.5) is 5.69 Å². The maximum absolute atomic E-state index is 10.3. The van der Waals surface area contributed by atoms with Crippen molar-refractivity contribution in [3.8, 4) is 0 Å². The monoisotopic (exact) mass is 205 g/mol. The third-order valence-corrected chi connectivity index (χ3v) is 2.77. The normalized spacial score (nSPS) is 18.9. The number of aromatic nitrogens is 2. The molecule has 2 rings (SSSR count). The third kappa shape index (κ3) is 2.39. The van der Waals surface area contributed by atoms with E-state index in [9.17, 15) is 4.79 Å². The molecule has 79 valence electrons. The fourth-order valence-corrected chi connectivity index (χ4v) is 1.94. The zero-order valence-corrected chi connectivity index (χ0v) is 8.54. The van der Waals surface area contributed by atoms with E-state index in [1.807, 2.05) is 15.7 Å². The Morgan fingerprint density at radius 1 is 1.53 bits per heavy atom. The van der Waals surface area contributed by atoms with Gasteiger partial charge in [-0.1, -0.05) is 0 Å². The summed E-state index contributed by atoms with van der Waals surface area (Å²) in [5.74, 6) is 0. The third-order valence-electron chi connectivity index (χ3n) is 2.77. The zero-order chi connectivity index (χ0) is 10.7. The highest BCUT2D eigenvalue weighted by Crippen LogP contribution is 2.21. The van der Waals surface area contributed by atoms with Gasteiger partial charge in [0.05, 0.1) is 24.1 Å². The van der Waals surface area contributed by atoms with E-state index < -0.39 is 0 Å². The van der Waals surface area contributed by atoms with E-state index in [1.165, 1.54) is 0 Å². The summed E-state index contributed by atoms with van der Waals surface area (Å²) in [4.78, 5) is 12.3. The summed E-state index contributed by atoms with van der Waals surface area (Å²) in [6.45, 7) is 1.81. The van der Waals surface area contributed by atoms with Gasteiger partial charge in [0.2, 0.25) is 0 Å². The molecule has 1 aliphatic rings. The van der Waals surface area contributed by atoms with Crippen molar-refractivity contribution >= 4 is 19.3 Å². The van der Waals surface area contributed by atoms with Crippen LogP contribution in [0.15, 0.2) is 12.4 Å². The van der Waals surface area contributed by atoms with Gasteiger partial charge in [0, 0.05) is 6.20 Å². The number of hydrogen-bond acceptors (Lipinski definition) is 4. The number of carbonyl (C=O) groups is 1. The number of nitrogens with zero attached hydrogens (tertiary/aromatic N) is 3. The van der Waals surface area contributed by atoms with Crippen LogP contribution in [-0.2, 0) is 4.79 Å². The van der Waals surface area contributed by atoms with Crippen LogP contribution in [0.25, 0.3) is 0 Å². The Kier molecular flexibility index (Phi) is 3.06. The van der Waals surface area contributed by atoms with Crippen molar-refractivity contribution in [2.24, 2.45) is 0 Å². The molecule has 1 radical (unpaired) electrons. The molecule has 1 aromatic heterocycles. The van der Waals surface area contributed by atoms with Crippen molar-refractivity contribution in [2.75, 3.05) is 18.8 Å². The Labute approximate surface area is 89.5 Å². The summed E-state index contributed by atoms with van der Waals surface area (Å²) in [5, 5.41) is 4.20. The maximum atomic E-state index is 10.3. The van der Waals surface area contributed by atoms with Crippen LogP contribution in [0.2, 0.25) is 0 Å². The van der Waals surface area contributed by atoms with Gasteiger partial charge >= 0.3 is 0 Å². The van der Waals surface area contributed by atoms with Crippen LogP contribution < -0.4 is 5.73 Å². The van der Waals surface area contributed by atoms with Crippen LogP contribution in [0.3, 0.4) is 0 Å². The molecule has 1 aromatic rings. The number of carbonyl (C=O) groups excluding carboxylic acids is 1. The molecule has 0 saturated carbocycles. The molecule has 0 aliphatic carbocycles. The predicted molar refractivity (Wildman–Crippen MR) is 59.0 cm³/mol. The lowest BCUT2D eigenvalue weighted by molar-refractivity contribution is 0.266. The number of anilines is 1. The molecule has 1 fully saturated rings. The van der Waals surface area contributed by atoms with Gasteiger partial charge in [0.1, 0.15) is 0 Å². The molecule has 1 aliphatic heterocycles. The summed E-state index contributed by atoms with van der Waals surface area (Å²) in [7, 11) is 1.60. The van der Waals surface area contributed by atoms with E-state index in [0.717, 1.165) is 32.1 Å². The van der Waals surface area contributed by atoms with Crippen LogP contribution in [0.1, 0.15) is 18.9 Å². The molecular formula is C9H14BN4O. The Hall–Kier alpha value is -1.30. The molecule has 2 N–H and O–H groups in total. The first-order valence-electron chi connectivity index (χ1n) is 5.12. The maximum Gasteiger partial charge on any atom is 0.293 e. The van der Waals surface area contributed by atoms with E-state index in [-0.39, 0.29) is 0 Å². The second-order valence-corrected chi connectivity index (χ2v) is 3.81. The topological polar surface area (TPSA) is 64.2 Å². The van der Waals surface area contributed by atoms with E-state index >= 15 is 0 Å². The van der Waals surface area contributed by atoms with Crippen LogP contribution in [0, 0.1) is 0 Å². The minimum atomic E-state index is 0.415. The lowest BCUT2D eigenvalue weighted by Crippen LogP contribution is -2.37. The molecular weight excluding hydrogens is 191 g/mol. The molecule has 5 nitrogen and oxygen atoms in total. The van der Waals surface area contributed by atoms with Crippen molar-refractivity contribution in [1.82, 2.24) is 14.6 Å². The van der Waals surface area contributed by atoms with Crippen LogP contribution in [0.5, 0.6) is 0 Å². The van der Waals surface area contributed by atoms with Gasteiger partial charge < -0.3 is 15.3 Å². The minimum Gasteiger partial charge on any atom is -0.396 e. The van der Waals surface area contributed by atoms with Gasteiger partial charge in [0.25, 0.3) is 7.41 Å². The molecule has 0 amide bonds. The lowest BCUT2D eigenvalue weighted by Gasteiger charge is -2.30. The molecule has 0 atom stereocenters. The van der Waals surface area contributed by atoms with Crippen molar-refractivity contribution in [2.45, 2.75) is 18.9 Å². The van der Waals surface area contributed by atoms with Gasteiger partial charge in [-0.15, -0.1) is 0 Å². The van der Waals surface area contributed by atoms with Gasteiger partial charge in [-0.3, -0.25) is 4.68 Å². The number of hydrogen-bond donors (Lipinski definition) is 1. The van der Waals surface area contributed by atoms with Crippen molar-refractivity contribution < 1.29 is 4.79 Å². The fraction of sp³-hybridized carbons (Fsp3) is 0.556. The average Bonchev–Trinajstić information content (AvgIpc) is 2.67. The molecule has 2 heterocycles. The van der Waals surface area contributed by atoms with Gasteiger partial charge in [0.15, 0.2) is 0 Å². The van der Waals surface area contributed by atoms with Crippen molar-refractivity contribution in [3.05, 3.63) is 12.4 Å². The second-order valence-electron chi connectivity index (χ2n) is 3.81. The van der Waals surface area contributed by atoms with Gasteiger partial charge in [-0.25, -0.2) is 0 Å². The summed E-state index contributed by atoms with van der Waals surface area (Å²) in [5.41, 5.74) is 6.32. The van der Waals surface area contributed by atoms with E-state index in [4.69, 9.17) is 5.73 Å². The van der Waals surface area contributed by atoms with Crippen LogP contribution >= 0.6 is 0 Å². The van der Waals surface area contributed by atoms with Gasteiger partial charge in [-0.2, -0.15) is 5.10 Å². The summed E-state index contributed by atoms with van der Waals surface area (Å²) < 4.78 is 1.92. The molecule has 6 heteroatoms. The first kappa shape index (κ1) is 10.2. The lowest BCUT2D eigenvalue weighted by atomic mass is 9.90. The number of nitrogen functional groups attached to an aromatic ring is 1. The summed E-state index contributed by atoms with van der Waals surface area (Å²) in [6.07, 6.45) is 6.39. The number of piperidine rings is 1. The molecule has 0 unspecified atom stereocenters. The Morgan fingerprint density at radius 2 is 2.27 bits per heavy atom. The molecule has 1 saturated heterocycles. The highest BCUT2D eigenvalue weighted by molar-refractivity contribution is 6.64. The second kappa shape index (κ2) is 4.48. The first-order valence-corrected chi connectivity index (χ1v) is 5.12. The average molecular weight is 205 g/mol. The zero-order valence-electron chi connectivity index (χ0n) is 8.54. The summed E-state index contributed by atoms with van der Waals surface area (Å²) in [6, 6.07) is 0.415. The quantitative estimate of drug-likeness (QED) is 0.553. The number of nitrogens with two attached hydrogens (primary N) is 1. The van der Waals surface area contributed by atoms with Crippen molar-refractivity contribution in [1.29, 1.82) is 0 Å². The highest BCUT2D eigenvalue weighted by Gasteiger charge is 2.20. The standard InChI is InChI=1S/C9H14BN4O/c11-8-5-12-14(6-8)9-1-3-13(4-2-9)10-7-15/h5-7,9H,1-4,11H2. The highest BCUT2D eigenvalue weighted by atomic mass is 16.1. The smallest absolute Gasteiger partial charge is 0.293 e. The van der Waals surface area contributed by atoms with Crippen LogP contribution in [-0.4, -0.2) is 41.3 Å². The predicted octanol–water partition coefficient (Wildman–Crippen LogP) is -0.0884. The van der Waals surface area contributed by atoms with Crippen molar-refractivity contribution in [3.63, 3.8) is 0 Å². The Bertz CT molecular complexity index is 333. The van der Waals surface area contributed by atoms with E-state index in [1.54, 1.807) is 13.6 Å². The molecule has 0 aromatic carbocycles. The van der Waals surface area contributed by atoms with Gasteiger partial charge in [-0.05, 0) is 25.9 Å². The fourth-order valence-electron chi connectivity index (χ4n) is 1.94. The minimum absolute atomic E-state index is 0.415. The number of rotatable bonds is 3. The van der Waals surface area contributed by atoms with E-state index in [2.05, 4.69) is 5.10 Å².